The van der Waals surface area contributed by atoms with Crippen molar-refractivity contribution < 1.29 is 4.79 Å². The number of amides is 2. The van der Waals surface area contributed by atoms with Crippen LogP contribution in [0.25, 0.3) is 0 Å². The van der Waals surface area contributed by atoms with Crippen LogP contribution in [0.5, 0.6) is 0 Å². The van der Waals surface area contributed by atoms with Gasteiger partial charge in [0.2, 0.25) is 0 Å². The molecule has 1 aromatic carbocycles. The van der Waals surface area contributed by atoms with E-state index in [2.05, 4.69) is 53.6 Å². The van der Waals surface area contributed by atoms with Crippen molar-refractivity contribution in [2.45, 2.75) is 26.7 Å². The summed E-state index contributed by atoms with van der Waals surface area (Å²) in [5.74, 6) is 0.545. The van der Waals surface area contributed by atoms with Crippen LogP contribution >= 0.6 is 0 Å². The van der Waals surface area contributed by atoms with Gasteiger partial charge in [-0.25, -0.2) is 4.79 Å². The lowest BCUT2D eigenvalue weighted by atomic mass is 10.1. The second kappa shape index (κ2) is 7.17. The number of nitrogens with one attached hydrogen (secondary N) is 2. The van der Waals surface area contributed by atoms with E-state index in [0.717, 1.165) is 39.0 Å². The van der Waals surface area contributed by atoms with E-state index in [9.17, 15) is 4.79 Å². The van der Waals surface area contributed by atoms with E-state index in [4.69, 9.17) is 0 Å². The monoisotopic (exact) mass is 275 g/mol. The molecule has 0 radical (unpaired) electrons. The average Bonchev–Trinajstić information content (AvgIpc) is 2.92. The first-order valence-corrected chi connectivity index (χ1v) is 7.52. The molecule has 1 aromatic rings. The number of anilines is 1. The molecule has 2 N–H and O–H groups in total. The molecule has 110 valence electrons. The van der Waals surface area contributed by atoms with E-state index in [1.165, 1.54) is 11.3 Å². The van der Waals surface area contributed by atoms with Gasteiger partial charge in [0, 0.05) is 31.9 Å². The fourth-order valence-corrected chi connectivity index (χ4v) is 2.53. The van der Waals surface area contributed by atoms with Crippen LogP contribution in [-0.2, 0) is 0 Å². The SMILES string of the molecule is CCCNC(=O)NCC1CCN(c2ccc(C)cc2)C1. The highest BCUT2D eigenvalue weighted by Gasteiger charge is 2.22. The minimum absolute atomic E-state index is 0.0411. The molecule has 20 heavy (non-hydrogen) atoms. The highest BCUT2D eigenvalue weighted by atomic mass is 16.2. The fraction of sp³-hybridized carbons (Fsp3) is 0.562. The predicted molar refractivity (Wildman–Crippen MR) is 83.2 cm³/mol. The Balaban J connectivity index is 1.75. The van der Waals surface area contributed by atoms with Crippen LogP contribution in [0, 0.1) is 12.8 Å². The molecule has 1 fully saturated rings. The topological polar surface area (TPSA) is 44.4 Å². The number of benzene rings is 1. The summed E-state index contributed by atoms with van der Waals surface area (Å²) in [6.45, 7) is 7.76. The third-order valence-electron chi connectivity index (χ3n) is 3.77. The highest BCUT2D eigenvalue weighted by Crippen LogP contribution is 2.23. The van der Waals surface area contributed by atoms with Crippen LogP contribution in [0.4, 0.5) is 10.5 Å². The molecule has 1 heterocycles. The van der Waals surface area contributed by atoms with E-state index in [-0.39, 0.29) is 6.03 Å². The van der Waals surface area contributed by atoms with E-state index >= 15 is 0 Å². The Kier molecular flexibility index (Phi) is 5.27. The fourth-order valence-electron chi connectivity index (χ4n) is 2.53. The summed E-state index contributed by atoms with van der Waals surface area (Å²) in [5, 5.41) is 5.81. The lowest BCUT2D eigenvalue weighted by Crippen LogP contribution is -2.39. The Morgan fingerprint density at radius 1 is 1.30 bits per heavy atom. The maximum absolute atomic E-state index is 11.5. The molecule has 4 heteroatoms. The van der Waals surface area contributed by atoms with Gasteiger partial charge < -0.3 is 15.5 Å². The number of urea groups is 1. The Morgan fingerprint density at radius 3 is 2.75 bits per heavy atom. The van der Waals surface area contributed by atoms with Crippen LogP contribution < -0.4 is 15.5 Å². The number of rotatable bonds is 5. The van der Waals surface area contributed by atoms with Gasteiger partial charge in [0.05, 0.1) is 0 Å². The van der Waals surface area contributed by atoms with Crippen molar-refractivity contribution in [2.24, 2.45) is 5.92 Å². The van der Waals surface area contributed by atoms with E-state index in [1.807, 2.05) is 0 Å². The Morgan fingerprint density at radius 2 is 2.05 bits per heavy atom. The summed E-state index contributed by atoms with van der Waals surface area (Å²) in [6.07, 6.45) is 2.11. The predicted octanol–water partition coefficient (Wildman–Crippen LogP) is 2.53. The number of nitrogens with zero attached hydrogens (tertiary/aromatic N) is 1. The van der Waals surface area contributed by atoms with E-state index < -0.39 is 0 Å². The molecule has 0 saturated carbocycles. The van der Waals surface area contributed by atoms with Crippen molar-refractivity contribution in [3.05, 3.63) is 29.8 Å². The molecule has 1 saturated heterocycles. The normalized spacial score (nSPS) is 18.1. The van der Waals surface area contributed by atoms with Gasteiger partial charge in [0.25, 0.3) is 0 Å². The van der Waals surface area contributed by atoms with Crippen LogP contribution in [0.15, 0.2) is 24.3 Å². The smallest absolute Gasteiger partial charge is 0.314 e. The summed E-state index contributed by atoms with van der Waals surface area (Å²) in [5.41, 5.74) is 2.58. The molecule has 0 aromatic heterocycles. The molecule has 0 spiro atoms. The molecular formula is C16H25N3O. The first-order chi connectivity index (χ1) is 9.69. The van der Waals surface area contributed by atoms with E-state index in [0.29, 0.717) is 5.92 Å². The van der Waals surface area contributed by atoms with Gasteiger partial charge in [-0.15, -0.1) is 0 Å². The first-order valence-electron chi connectivity index (χ1n) is 7.52. The van der Waals surface area contributed by atoms with Gasteiger partial charge in [-0.2, -0.15) is 0 Å². The number of carbonyl (C=O) groups is 1. The minimum Gasteiger partial charge on any atom is -0.371 e. The van der Waals surface area contributed by atoms with Gasteiger partial charge in [0.15, 0.2) is 0 Å². The maximum Gasteiger partial charge on any atom is 0.314 e. The van der Waals surface area contributed by atoms with Crippen molar-refractivity contribution in [2.75, 3.05) is 31.1 Å². The summed E-state index contributed by atoms with van der Waals surface area (Å²) in [4.78, 5) is 13.9. The summed E-state index contributed by atoms with van der Waals surface area (Å²) in [6, 6.07) is 8.62. The third-order valence-corrected chi connectivity index (χ3v) is 3.77. The van der Waals surface area contributed by atoms with Gasteiger partial charge in [0.1, 0.15) is 0 Å². The maximum atomic E-state index is 11.5. The van der Waals surface area contributed by atoms with Gasteiger partial charge in [-0.3, -0.25) is 0 Å². The molecule has 4 nitrogen and oxygen atoms in total. The average molecular weight is 275 g/mol. The zero-order chi connectivity index (χ0) is 14.4. The van der Waals surface area contributed by atoms with E-state index in [1.54, 1.807) is 0 Å². The summed E-state index contributed by atoms with van der Waals surface area (Å²) < 4.78 is 0. The first kappa shape index (κ1) is 14.7. The van der Waals surface area contributed by atoms with Crippen molar-refractivity contribution >= 4 is 11.7 Å². The number of aryl methyl sites for hydroxylation is 1. The summed E-state index contributed by atoms with van der Waals surface area (Å²) >= 11 is 0. The van der Waals surface area contributed by atoms with Crippen LogP contribution in [0.1, 0.15) is 25.3 Å². The molecule has 2 amide bonds. The molecular weight excluding hydrogens is 250 g/mol. The molecule has 1 aliphatic rings. The van der Waals surface area contributed by atoms with Gasteiger partial charge in [-0.05, 0) is 37.8 Å². The van der Waals surface area contributed by atoms with Gasteiger partial charge >= 0.3 is 6.03 Å². The molecule has 0 aliphatic carbocycles. The Bertz CT molecular complexity index is 430. The second-order valence-corrected chi connectivity index (χ2v) is 5.57. The zero-order valence-electron chi connectivity index (χ0n) is 12.5. The van der Waals surface area contributed by atoms with Crippen molar-refractivity contribution in [1.29, 1.82) is 0 Å². The largest absolute Gasteiger partial charge is 0.371 e. The van der Waals surface area contributed by atoms with Crippen molar-refractivity contribution in [3.63, 3.8) is 0 Å². The molecule has 1 atom stereocenters. The number of hydrogen-bond acceptors (Lipinski definition) is 2. The number of carbonyl (C=O) groups excluding carboxylic acids is 1. The van der Waals surface area contributed by atoms with Crippen molar-refractivity contribution in [3.8, 4) is 0 Å². The lowest BCUT2D eigenvalue weighted by Gasteiger charge is -2.19. The van der Waals surface area contributed by atoms with Crippen LogP contribution in [0.3, 0.4) is 0 Å². The molecule has 1 unspecified atom stereocenters. The van der Waals surface area contributed by atoms with Crippen LogP contribution in [0.2, 0.25) is 0 Å². The Labute approximate surface area is 121 Å². The highest BCUT2D eigenvalue weighted by molar-refractivity contribution is 5.73. The van der Waals surface area contributed by atoms with Crippen LogP contribution in [-0.4, -0.2) is 32.2 Å². The molecule has 1 aliphatic heterocycles. The number of hydrogen-bond donors (Lipinski definition) is 2. The molecule has 2 rings (SSSR count). The minimum atomic E-state index is -0.0411. The van der Waals surface area contributed by atoms with Gasteiger partial charge in [-0.1, -0.05) is 24.6 Å². The third kappa shape index (κ3) is 4.15. The molecule has 0 bridgehead atoms. The quantitative estimate of drug-likeness (QED) is 0.867. The zero-order valence-corrected chi connectivity index (χ0v) is 12.5. The second-order valence-electron chi connectivity index (χ2n) is 5.57. The standard InChI is InChI=1S/C16H25N3O/c1-3-9-17-16(20)18-11-14-8-10-19(12-14)15-6-4-13(2)5-7-15/h4-7,14H,3,8-12H2,1-2H3,(H2,17,18,20). The summed E-state index contributed by atoms with van der Waals surface area (Å²) in [7, 11) is 0. The van der Waals surface area contributed by atoms with Crippen molar-refractivity contribution in [1.82, 2.24) is 10.6 Å². The lowest BCUT2D eigenvalue weighted by molar-refractivity contribution is 0.239. The Hall–Kier alpha value is -1.71.